The maximum atomic E-state index is 11.5. The van der Waals surface area contributed by atoms with Crippen LogP contribution >= 0.6 is 0 Å². The summed E-state index contributed by atoms with van der Waals surface area (Å²) >= 11 is 0. The van der Waals surface area contributed by atoms with Gasteiger partial charge in [0, 0.05) is 6.42 Å². The molecule has 5 nitrogen and oxygen atoms in total. The number of esters is 2. The Balaban J connectivity index is 2.35. The minimum atomic E-state index is -0.884. The molecule has 0 aliphatic carbocycles. The second-order valence-corrected chi connectivity index (χ2v) is 3.71. The molecular formula is C11H18O5. The van der Waals surface area contributed by atoms with Gasteiger partial charge in [-0.15, -0.1) is 0 Å². The Morgan fingerprint density at radius 3 is 2.69 bits per heavy atom. The van der Waals surface area contributed by atoms with Crippen molar-refractivity contribution < 1.29 is 23.8 Å². The van der Waals surface area contributed by atoms with Crippen molar-refractivity contribution in [1.82, 2.24) is 0 Å². The van der Waals surface area contributed by atoms with E-state index in [1.165, 1.54) is 6.92 Å². The molecule has 0 aromatic heterocycles. The quantitative estimate of drug-likeness (QED) is 0.537. The Labute approximate surface area is 95.0 Å². The highest BCUT2D eigenvalue weighted by Crippen LogP contribution is 2.15. The number of hydrogen-bond donors (Lipinski definition) is 0. The van der Waals surface area contributed by atoms with Crippen molar-refractivity contribution in [3.63, 3.8) is 0 Å². The number of rotatable bonds is 4. The number of ether oxygens (including phenoxy) is 3. The van der Waals surface area contributed by atoms with Crippen LogP contribution in [0.15, 0.2) is 0 Å². The molecular weight excluding hydrogens is 212 g/mol. The smallest absolute Gasteiger partial charge is 0.322 e. The van der Waals surface area contributed by atoms with E-state index in [0.717, 1.165) is 12.8 Å². The van der Waals surface area contributed by atoms with Gasteiger partial charge in [0.05, 0.1) is 13.2 Å². The Morgan fingerprint density at radius 1 is 1.38 bits per heavy atom. The fourth-order valence-electron chi connectivity index (χ4n) is 1.40. The lowest BCUT2D eigenvalue weighted by molar-refractivity contribution is -0.193. The van der Waals surface area contributed by atoms with Gasteiger partial charge >= 0.3 is 11.9 Å². The van der Waals surface area contributed by atoms with Gasteiger partial charge in [-0.05, 0) is 26.7 Å². The first-order valence-corrected chi connectivity index (χ1v) is 5.64. The summed E-state index contributed by atoms with van der Waals surface area (Å²) in [5, 5.41) is 0. The molecule has 2 unspecified atom stereocenters. The van der Waals surface area contributed by atoms with E-state index in [-0.39, 0.29) is 6.61 Å². The SMILES string of the molecule is CCOC(=O)C(C)C(=O)OC1CCCCO1. The van der Waals surface area contributed by atoms with Crippen LogP contribution in [0.1, 0.15) is 33.1 Å². The van der Waals surface area contributed by atoms with Gasteiger partial charge in [0.1, 0.15) is 0 Å². The molecule has 92 valence electrons. The van der Waals surface area contributed by atoms with E-state index in [2.05, 4.69) is 0 Å². The second-order valence-electron chi connectivity index (χ2n) is 3.71. The van der Waals surface area contributed by atoms with Crippen molar-refractivity contribution in [2.24, 2.45) is 5.92 Å². The van der Waals surface area contributed by atoms with Gasteiger partial charge < -0.3 is 14.2 Å². The zero-order chi connectivity index (χ0) is 12.0. The third-order valence-electron chi connectivity index (χ3n) is 2.38. The van der Waals surface area contributed by atoms with Crippen LogP contribution in [0.25, 0.3) is 0 Å². The molecule has 0 radical (unpaired) electrons. The molecule has 0 amide bonds. The Kier molecular flexibility index (Phi) is 5.25. The van der Waals surface area contributed by atoms with Crippen molar-refractivity contribution in [1.29, 1.82) is 0 Å². The molecule has 0 aromatic carbocycles. The lowest BCUT2D eigenvalue weighted by Gasteiger charge is -2.23. The van der Waals surface area contributed by atoms with E-state index in [1.807, 2.05) is 0 Å². The Hall–Kier alpha value is -1.10. The third-order valence-corrected chi connectivity index (χ3v) is 2.38. The fraction of sp³-hybridized carbons (Fsp3) is 0.818. The van der Waals surface area contributed by atoms with E-state index < -0.39 is 24.1 Å². The molecule has 1 rings (SSSR count). The highest BCUT2D eigenvalue weighted by Gasteiger charge is 2.27. The van der Waals surface area contributed by atoms with Gasteiger partial charge in [-0.2, -0.15) is 0 Å². The first kappa shape index (κ1) is 13.0. The number of carbonyl (C=O) groups excluding carboxylic acids is 2. The summed E-state index contributed by atoms with van der Waals surface area (Å²) < 4.78 is 15.0. The van der Waals surface area contributed by atoms with Crippen molar-refractivity contribution in [2.75, 3.05) is 13.2 Å². The van der Waals surface area contributed by atoms with Crippen LogP contribution in [0, 0.1) is 5.92 Å². The first-order valence-electron chi connectivity index (χ1n) is 5.64. The van der Waals surface area contributed by atoms with Crippen LogP contribution < -0.4 is 0 Å². The predicted molar refractivity (Wildman–Crippen MR) is 55.5 cm³/mol. The van der Waals surface area contributed by atoms with Crippen LogP contribution in [0.3, 0.4) is 0 Å². The minimum Gasteiger partial charge on any atom is -0.465 e. The van der Waals surface area contributed by atoms with Gasteiger partial charge in [-0.3, -0.25) is 9.59 Å². The van der Waals surface area contributed by atoms with Crippen molar-refractivity contribution in [3.8, 4) is 0 Å². The van der Waals surface area contributed by atoms with Crippen LogP contribution in [0.4, 0.5) is 0 Å². The molecule has 0 aromatic rings. The van der Waals surface area contributed by atoms with Gasteiger partial charge in [-0.1, -0.05) is 0 Å². The molecule has 1 fully saturated rings. The summed E-state index contributed by atoms with van der Waals surface area (Å²) in [7, 11) is 0. The average molecular weight is 230 g/mol. The molecule has 1 heterocycles. The summed E-state index contributed by atoms with van der Waals surface area (Å²) in [5.74, 6) is -2.01. The van der Waals surface area contributed by atoms with Crippen molar-refractivity contribution in [2.45, 2.75) is 39.4 Å². The van der Waals surface area contributed by atoms with Crippen molar-refractivity contribution >= 4 is 11.9 Å². The van der Waals surface area contributed by atoms with Gasteiger partial charge in [0.25, 0.3) is 0 Å². The van der Waals surface area contributed by atoms with E-state index in [0.29, 0.717) is 13.0 Å². The molecule has 0 N–H and O–H groups in total. The molecule has 1 saturated heterocycles. The molecule has 5 heteroatoms. The Morgan fingerprint density at radius 2 is 2.12 bits per heavy atom. The standard InChI is InChI=1S/C11H18O5/c1-3-14-10(12)8(2)11(13)16-9-6-4-5-7-15-9/h8-9H,3-7H2,1-2H3. The van der Waals surface area contributed by atoms with Crippen LogP contribution in [-0.2, 0) is 23.8 Å². The molecule has 0 saturated carbocycles. The minimum absolute atomic E-state index is 0.260. The average Bonchev–Trinajstić information content (AvgIpc) is 2.29. The summed E-state index contributed by atoms with van der Waals surface area (Å²) in [6.07, 6.45) is 2.16. The largest absolute Gasteiger partial charge is 0.465 e. The van der Waals surface area contributed by atoms with Gasteiger partial charge in [-0.25, -0.2) is 0 Å². The van der Waals surface area contributed by atoms with E-state index >= 15 is 0 Å². The fourth-order valence-corrected chi connectivity index (χ4v) is 1.40. The monoisotopic (exact) mass is 230 g/mol. The zero-order valence-electron chi connectivity index (χ0n) is 9.73. The highest BCUT2D eigenvalue weighted by molar-refractivity contribution is 5.94. The summed E-state index contributed by atoms with van der Waals surface area (Å²) in [6, 6.07) is 0. The molecule has 0 bridgehead atoms. The molecule has 0 spiro atoms. The van der Waals surface area contributed by atoms with Crippen molar-refractivity contribution in [3.05, 3.63) is 0 Å². The second kappa shape index (κ2) is 6.48. The third kappa shape index (κ3) is 3.81. The molecule has 16 heavy (non-hydrogen) atoms. The number of carbonyl (C=O) groups is 2. The van der Waals surface area contributed by atoms with Gasteiger partial charge in [0.2, 0.25) is 6.29 Å². The molecule has 1 aliphatic heterocycles. The summed E-state index contributed by atoms with van der Waals surface area (Å²) in [6.45, 7) is 4.03. The maximum absolute atomic E-state index is 11.5. The molecule has 2 atom stereocenters. The summed E-state index contributed by atoms with van der Waals surface area (Å²) in [4.78, 5) is 22.8. The summed E-state index contributed by atoms with van der Waals surface area (Å²) in [5.41, 5.74) is 0. The molecule has 1 aliphatic rings. The van der Waals surface area contributed by atoms with Crippen LogP contribution in [0.2, 0.25) is 0 Å². The topological polar surface area (TPSA) is 61.8 Å². The van der Waals surface area contributed by atoms with Gasteiger partial charge in [0.15, 0.2) is 5.92 Å². The van der Waals surface area contributed by atoms with E-state index in [1.54, 1.807) is 6.92 Å². The zero-order valence-corrected chi connectivity index (χ0v) is 9.73. The Bertz CT molecular complexity index is 245. The maximum Gasteiger partial charge on any atom is 0.322 e. The first-order chi connectivity index (χ1) is 7.65. The lowest BCUT2D eigenvalue weighted by Crippen LogP contribution is -2.31. The predicted octanol–water partition coefficient (Wildman–Crippen LogP) is 1.26. The number of hydrogen-bond acceptors (Lipinski definition) is 5. The van der Waals surface area contributed by atoms with E-state index in [4.69, 9.17) is 14.2 Å². The lowest BCUT2D eigenvalue weighted by atomic mass is 10.2. The van der Waals surface area contributed by atoms with E-state index in [9.17, 15) is 9.59 Å². The normalized spacial score (nSPS) is 22.2. The highest BCUT2D eigenvalue weighted by atomic mass is 16.7. The van der Waals surface area contributed by atoms with Crippen LogP contribution in [-0.4, -0.2) is 31.4 Å². The van der Waals surface area contributed by atoms with Crippen LogP contribution in [0.5, 0.6) is 0 Å².